The predicted octanol–water partition coefficient (Wildman–Crippen LogP) is 3.52. The van der Waals surface area contributed by atoms with Gasteiger partial charge in [-0.1, -0.05) is 0 Å². The summed E-state index contributed by atoms with van der Waals surface area (Å²) in [6.45, 7) is 6.52. The van der Waals surface area contributed by atoms with Crippen molar-refractivity contribution in [2.45, 2.75) is 44.7 Å². The number of hydrogen-bond acceptors (Lipinski definition) is 3. The second kappa shape index (κ2) is 5.84. The van der Waals surface area contributed by atoms with Gasteiger partial charge in [0.2, 0.25) is 0 Å². The lowest BCUT2D eigenvalue weighted by molar-refractivity contribution is 0.216. The van der Waals surface area contributed by atoms with Crippen LogP contribution in [0.3, 0.4) is 0 Å². The third-order valence-corrected chi connectivity index (χ3v) is 4.34. The maximum atomic E-state index is 14.7. The van der Waals surface area contributed by atoms with E-state index in [0.29, 0.717) is 24.9 Å². The fourth-order valence-corrected chi connectivity index (χ4v) is 3.21. The second-order valence-corrected chi connectivity index (χ2v) is 6.43. The second-order valence-electron chi connectivity index (χ2n) is 6.43. The summed E-state index contributed by atoms with van der Waals surface area (Å²) < 4.78 is 26.2. The topological polar surface area (TPSA) is 30.5 Å². The summed E-state index contributed by atoms with van der Waals surface area (Å²) >= 11 is 0. The van der Waals surface area contributed by atoms with Gasteiger partial charge >= 0.3 is 0 Å². The van der Waals surface area contributed by atoms with Crippen molar-refractivity contribution < 1.29 is 13.9 Å². The minimum atomic E-state index is -1.37. The molecule has 3 nitrogen and oxygen atoms in total. The molecule has 0 unspecified atom stereocenters. The summed E-state index contributed by atoms with van der Waals surface area (Å²) in [5, 5.41) is 3.37. The third kappa shape index (κ3) is 3.15. The van der Waals surface area contributed by atoms with Gasteiger partial charge in [0.15, 0.2) is 11.5 Å². The Balaban J connectivity index is 2.04. The van der Waals surface area contributed by atoms with Crippen LogP contribution in [0, 0.1) is 0 Å². The monoisotopic (exact) mass is 293 g/mol. The number of alkyl halides is 1. The number of halogens is 1. The first kappa shape index (κ1) is 14.6. The molecule has 0 saturated carbocycles. The van der Waals surface area contributed by atoms with Gasteiger partial charge < -0.3 is 14.8 Å². The quantitative estimate of drug-likeness (QED) is 0.905. The Morgan fingerprint density at radius 3 is 2.33 bits per heavy atom. The lowest BCUT2D eigenvalue weighted by Crippen LogP contribution is -2.28. The first-order chi connectivity index (χ1) is 10.1. The van der Waals surface area contributed by atoms with Crippen molar-refractivity contribution in [3.8, 4) is 11.5 Å². The number of rotatable bonds is 2. The van der Waals surface area contributed by atoms with E-state index in [9.17, 15) is 4.39 Å². The van der Waals surface area contributed by atoms with Crippen LogP contribution in [0.4, 0.5) is 4.39 Å². The van der Waals surface area contributed by atoms with Crippen LogP contribution in [0.5, 0.6) is 11.5 Å². The molecule has 0 amide bonds. The molecule has 1 saturated heterocycles. The predicted molar refractivity (Wildman–Crippen MR) is 81.0 cm³/mol. The standard InChI is InChI=1S/C17H24FNO2/c1-17(2,18)14-11-16-15(20-8-3-9-21-16)10-13(14)12-4-6-19-7-5-12/h10-12,19H,3-9H2,1-2H3. The van der Waals surface area contributed by atoms with E-state index in [0.717, 1.165) is 49.2 Å². The number of nitrogens with one attached hydrogen (secondary N) is 1. The van der Waals surface area contributed by atoms with Gasteiger partial charge in [-0.05, 0) is 69.0 Å². The number of fused-ring (bicyclic) bond motifs is 1. The van der Waals surface area contributed by atoms with Crippen molar-refractivity contribution in [3.63, 3.8) is 0 Å². The Morgan fingerprint density at radius 1 is 1.10 bits per heavy atom. The summed E-state index contributed by atoms with van der Waals surface area (Å²) in [7, 11) is 0. The van der Waals surface area contributed by atoms with Crippen LogP contribution in [-0.4, -0.2) is 26.3 Å². The van der Waals surface area contributed by atoms with Gasteiger partial charge in [0.05, 0.1) is 13.2 Å². The molecular formula is C17H24FNO2. The minimum absolute atomic E-state index is 0.397. The highest BCUT2D eigenvalue weighted by molar-refractivity contribution is 5.50. The normalized spacial score (nSPS) is 20.1. The molecule has 4 heteroatoms. The highest BCUT2D eigenvalue weighted by atomic mass is 19.1. The van der Waals surface area contributed by atoms with Gasteiger partial charge in [-0.2, -0.15) is 0 Å². The summed E-state index contributed by atoms with van der Waals surface area (Å²) in [5.41, 5.74) is 0.470. The molecule has 2 aliphatic rings. The van der Waals surface area contributed by atoms with Crippen LogP contribution in [0.2, 0.25) is 0 Å². The zero-order chi connectivity index (χ0) is 14.9. The Morgan fingerprint density at radius 2 is 1.71 bits per heavy atom. The summed E-state index contributed by atoms with van der Waals surface area (Å²) in [6, 6.07) is 3.88. The van der Waals surface area contributed by atoms with Crippen LogP contribution < -0.4 is 14.8 Å². The van der Waals surface area contributed by atoms with Gasteiger partial charge in [0.25, 0.3) is 0 Å². The van der Waals surface area contributed by atoms with E-state index < -0.39 is 5.67 Å². The van der Waals surface area contributed by atoms with Gasteiger partial charge in [0, 0.05) is 6.42 Å². The van der Waals surface area contributed by atoms with Crippen LogP contribution >= 0.6 is 0 Å². The molecule has 21 heavy (non-hydrogen) atoms. The van der Waals surface area contributed by atoms with E-state index in [4.69, 9.17) is 9.47 Å². The summed E-state index contributed by atoms with van der Waals surface area (Å²) in [4.78, 5) is 0. The van der Waals surface area contributed by atoms with E-state index in [-0.39, 0.29) is 0 Å². The van der Waals surface area contributed by atoms with Gasteiger partial charge in [0.1, 0.15) is 5.67 Å². The average molecular weight is 293 g/mol. The van der Waals surface area contributed by atoms with Crippen molar-refractivity contribution in [2.24, 2.45) is 0 Å². The van der Waals surface area contributed by atoms with Crippen molar-refractivity contribution >= 4 is 0 Å². The molecule has 2 heterocycles. The number of piperidine rings is 1. The van der Waals surface area contributed by atoms with Crippen molar-refractivity contribution in [3.05, 3.63) is 23.3 Å². The lowest BCUT2D eigenvalue weighted by Gasteiger charge is -2.29. The zero-order valence-corrected chi connectivity index (χ0v) is 12.9. The fraction of sp³-hybridized carbons (Fsp3) is 0.647. The van der Waals surface area contributed by atoms with Crippen LogP contribution in [0.25, 0.3) is 0 Å². The van der Waals surface area contributed by atoms with Crippen molar-refractivity contribution in [2.75, 3.05) is 26.3 Å². The van der Waals surface area contributed by atoms with Crippen LogP contribution in [0.1, 0.15) is 50.2 Å². The van der Waals surface area contributed by atoms with E-state index in [1.54, 1.807) is 13.8 Å². The Kier molecular flexibility index (Phi) is 4.07. The Labute approximate surface area is 125 Å². The summed E-state index contributed by atoms with van der Waals surface area (Å²) in [6.07, 6.45) is 2.96. The smallest absolute Gasteiger partial charge is 0.161 e. The highest BCUT2D eigenvalue weighted by Crippen LogP contribution is 2.42. The minimum Gasteiger partial charge on any atom is -0.490 e. The Hall–Kier alpha value is -1.29. The van der Waals surface area contributed by atoms with E-state index in [2.05, 4.69) is 5.32 Å². The van der Waals surface area contributed by atoms with E-state index >= 15 is 0 Å². The summed E-state index contributed by atoms with van der Waals surface area (Å²) in [5.74, 6) is 1.85. The molecule has 1 N–H and O–H groups in total. The number of hydrogen-bond donors (Lipinski definition) is 1. The van der Waals surface area contributed by atoms with Gasteiger partial charge in [-0.3, -0.25) is 0 Å². The number of benzene rings is 1. The molecule has 2 aliphatic heterocycles. The lowest BCUT2D eigenvalue weighted by atomic mass is 9.82. The first-order valence-corrected chi connectivity index (χ1v) is 7.89. The highest BCUT2D eigenvalue weighted by Gasteiger charge is 2.30. The van der Waals surface area contributed by atoms with Gasteiger partial charge in [-0.15, -0.1) is 0 Å². The molecule has 0 aliphatic carbocycles. The maximum Gasteiger partial charge on any atom is 0.161 e. The average Bonchev–Trinajstić information content (AvgIpc) is 2.70. The number of ether oxygens (including phenoxy) is 2. The first-order valence-electron chi connectivity index (χ1n) is 7.89. The third-order valence-electron chi connectivity index (χ3n) is 4.34. The molecule has 0 bridgehead atoms. The fourth-order valence-electron chi connectivity index (χ4n) is 3.21. The SMILES string of the molecule is CC(C)(F)c1cc2c(cc1C1CCNCC1)OCCCO2. The molecule has 116 valence electrons. The zero-order valence-electron chi connectivity index (χ0n) is 12.9. The molecule has 3 rings (SSSR count). The molecule has 0 aromatic heterocycles. The molecule has 0 spiro atoms. The van der Waals surface area contributed by atoms with Gasteiger partial charge in [-0.25, -0.2) is 4.39 Å². The molecule has 1 aromatic carbocycles. The van der Waals surface area contributed by atoms with E-state index in [1.807, 2.05) is 12.1 Å². The molecule has 0 atom stereocenters. The maximum absolute atomic E-state index is 14.7. The van der Waals surface area contributed by atoms with Crippen molar-refractivity contribution in [1.82, 2.24) is 5.32 Å². The molecule has 1 aromatic rings. The largest absolute Gasteiger partial charge is 0.490 e. The molecule has 0 radical (unpaired) electrons. The van der Waals surface area contributed by atoms with E-state index in [1.165, 1.54) is 0 Å². The van der Waals surface area contributed by atoms with Crippen molar-refractivity contribution in [1.29, 1.82) is 0 Å². The van der Waals surface area contributed by atoms with Crippen LogP contribution in [-0.2, 0) is 5.67 Å². The molecule has 1 fully saturated rings. The van der Waals surface area contributed by atoms with Crippen LogP contribution in [0.15, 0.2) is 12.1 Å². The molecular weight excluding hydrogens is 269 g/mol. The Bertz CT molecular complexity index is 504.